The minimum absolute atomic E-state index is 0.154. The molecule has 0 amide bonds. The zero-order valence-electron chi connectivity index (χ0n) is 18.9. The van der Waals surface area contributed by atoms with Gasteiger partial charge < -0.3 is 31.1 Å². The van der Waals surface area contributed by atoms with Crippen LogP contribution in [-0.4, -0.2) is 72.5 Å². The van der Waals surface area contributed by atoms with Crippen molar-refractivity contribution in [3.8, 4) is 11.5 Å². The van der Waals surface area contributed by atoms with Crippen molar-refractivity contribution in [2.75, 3.05) is 56.4 Å². The minimum Gasteiger partial charge on any atom is -0.507 e. The minimum atomic E-state index is -0.485. The summed E-state index contributed by atoms with van der Waals surface area (Å²) < 4.78 is 0. The number of carbonyl (C=O) groups excluding carboxylic acids is 2. The van der Waals surface area contributed by atoms with E-state index in [4.69, 9.17) is 0 Å². The fourth-order valence-corrected chi connectivity index (χ4v) is 4.01. The van der Waals surface area contributed by atoms with Crippen LogP contribution in [0.15, 0.2) is 24.3 Å². The highest BCUT2D eigenvalue weighted by Crippen LogP contribution is 2.42. The van der Waals surface area contributed by atoms with Crippen molar-refractivity contribution in [3.05, 3.63) is 46.5 Å². The van der Waals surface area contributed by atoms with Gasteiger partial charge in [0.25, 0.3) is 0 Å². The summed E-state index contributed by atoms with van der Waals surface area (Å²) in [5, 5.41) is 30.4. The molecule has 3 rings (SSSR count). The zero-order chi connectivity index (χ0) is 23.3. The number of hydrogen-bond acceptors (Lipinski definition) is 8. The zero-order valence-corrected chi connectivity index (χ0v) is 18.9. The van der Waals surface area contributed by atoms with E-state index in [2.05, 4.69) is 34.7 Å². The summed E-state index contributed by atoms with van der Waals surface area (Å²) in [5.74, 6) is -1.60. The second-order valence-corrected chi connectivity index (χ2v) is 7.66. The monoisotopic (exact) mass is 440 g/mol. The fraction of sp³-hybridized carbons (Fsp3) is 0.417. The topological polar surface area (TPSA) is 114 Å². The number of carbonyl (C=O) groups is 2. The third-order valence-corrected chi connectivity index (χ3v) is 5.78. The molecule has 0 spiro atoms. The normalized spacial score (nSPS) is 12.6. The molecule has 32 heavy (non-hydrogen) atoms. The quantitative estimate of drug-likeness (QED) is 0.228. The SMILES string of the molecule is CCNCCNc1ccc(NCCN(CC)CC)c2c1C(=O)c1c(O)ccc(O)c1C2=O. The number of nitrogens with one attached hydrogen (secondary N) is 3. The van der Waals surface area contributed by atoms with E-state index in [9.17, 15) is 19.8 Å². The maximum absolute atomic E-state index is 13.5. The van der Waals surface area contributed by atoms with Gasteiger partial charge in [-0.1, -0.05) is 20.8 Å². The molecule has 0 saturated heterocycles. The van der Waals surface area contributed by atoms with Crippen molar-refractivity contribution in [3.63, 3.8) is 0 Å². The lowest BCUT2D eigenvalue weighted by molar-refractivity contribution is 0.0975. The number of aromatic hydroxyl groups is 2. The van der Waals surface area contributed by atoms with E-state index in [0.717, 1.165) is 26.2 Å². The first kappa shape index (κ1) is 23.6. The Balaban J connectivity index is 2.03. The summed E-state index contributed by atoms with van der Waals surface area (Å²) in [6.07, 6.45) is 0. The molecule has 0 unspecified atom stereocenters. The van der Waals surface area contributed by atoms with Gasteiger partial charge in [0.1, 0.15) is 11.5 Å². The smallest absolute Gasteiger partial charge is 0.200 e. The van der Waals surface area contributed by atoms with Crippen LogP contribution in [0.5, 0.6) is 11.5 Å². The van der Waals surface area contributed by atoms with Crippen molar-refractivity contribution in [1.29, 1.82) is 0 Å². The van der Waals surface area contributed by atoms with Crippen molar-refractivity contribution in [1.82, 2.24) is 10.2 Å². The predicted octanol–water partition coefficient (Wildman–Crippen LogP) is 2.65. The number of likely N-dealkylation sites (N-methyl/N-ethyl adjacent to an activating group) is 2. The van der Waals surface area contributed by atoms with Gasteiger partial charge in [-0.25, -0.2) is 0 Å². The molecular formula is C24H32N4O4. The van der Waals surface area contributed by atoms with E-state index >= 15 is 0 Å². The van der Waals surface area contributed by atoms with Crippen LogP contribution in [0.1, 0.15) is 52.6 Å². The molecule has 5 N–H and O–H groups in total. The Kier molecular flexibility index (Phi) is 7.71. The fourth-order valence-electron chi connectivity index (χ4n) is 4.01. The lowest BCUT2D eigenvalue weighted by Gasteiger charge is -2.25. The highest BCUT2D eigenvalue weighted by atomic mass is 16.3. The molecule has 0 aromatic heterocycles. The third kappa shape index (κ3) is 4.56. The highest BCUT2D eigenvalue weighted by Gasteiger charge is 2.37. The first-order chi connectivity index (χ1) is 15.4. The van der Waals surface area contributed by atoms with Crippen LogP contribution in [0.2, 0.25) is 0 Å². The van der Waals surface area contributed by atoms with Crippen LogP contribution < -0.4 is 16.0 Å². The Labute approximate surface area is 188 Å². The lowest BCUT2D eigenvalue weighted by Crippen LogP contribution is -2.30. The Morgan fingerprint density at radius 3 is 1.69 bits per heavy atom. The molecule has 0 atom stereocenters. The van der Waals surface area contributed by atoms with Crippen LogP contribution >= 0.6 is 0 Å². The standard InChI is InChI=1S/C24H32N4O4/c1-4-25-11-12-26-15-7-8-16(27-13-14-28(5-2)6-3)20-19(15)23(31)21-17(29)9-10-18(30)22(21)24(20)32/h7-10,25-27,29-30H,4-6,11-14H2,1-3H3. The molecule has 0 aliphatic heterocycles. The Bertz CT molecular complexity index is 1000. The molecule has 8 heteroatoms. The predicted molar refractivity (Wildman–Crippen MR) is 126 cm³/mol. The largest absolute Gasteiger partial charge is 0.507 e. The molecule has 1 aliphatic rings. The van der Waals surface area contributed by atoms with Gasteiger partial charge in [-0.15, -0.1) is 0 Å². The number of fused-ring (bicyclic) bond motifs is 2. The van der Waals surface area contributed by atoms with Crippen LogP contribution in [0.4, 0.5) is 11.4 Å². The molecular weight excluding hydrogens is 408 g/mol. The first-order valence-electron chi connectivity index (χ1n) is 11.2. The van der Waals surface area contributed by atoms with Gasteiger partial charge in [0.2, 0.25) is 11.6 Å². The number of hydrogen-bond donors (Lipinski definition) is 5. The van der Waals surface area contributed by atoms with Gasteiger partial charge >= 0.3 is 0 Å². The number of phenolic OH excluding ortho intramolecular Hbond substituents is 2. The van der Waals surface area contributed by atoms with E-state index in [0.29, 0.717) is 31.0 Å². The number of nitrogens with zero attached hydrogens (tertiary/aromatic N) is 1. The Morgan fingerprint density at radius 1 is 0.719 bits per heavy atom. The number of anilines is 2. The third-order valence-electron chi connectivity index (χ3n) is 5.78. The second kappa shape index (κ2) is 10.5. The van der Waals surface area contributed by atoms with Crippen molar-refractivity contribution in [2.24, 2.45) is 0 Å². The molecule has 1 aliphatic carbocycles. The second-order valence-electron chi connectivity index (χ2n) is 7.66. The molecule has 0 bridgehead atoms. The lowest BCUT2D eigenvalue weighted by atomic mass is 9.81. The van der Waals surface area contributed by atoms with Crippen molar-refractivity contribution < 1.29 is 19.8 Å². The number of rotatable bonds is 11. The number of phenols is 2. The average molecular weight is 441 g/mol. The van der Waals surface area contributed by atoms with E-state index < -0.39 is 11.6 Å². The summed E-state index contributed by atoms with van der Waals surface area (Å²) in [6, 6.07) is 6.03. The molecule has 0 fully saturated rings. The van der Waals surface area contributed by atoms with Crippen molar-refractivity contribution >= 4 is 22.9 Å². The summed E-state index contributed by atoms with van der Waals surface area (Å²) in [4.78, 5) is 29.2. The van der Waals surface area contributed by atoms with Crippen LogP contribution in [-0.2, 0) is 0 Å². The summed E-state index contributed by atoms with van der Waals surface area (Å²) in [7, 11) is 0. The van der Waals surface area contributed by atoms with Gasteiger partial charge in [-0.2, -0.15) is 0 Å². The van der Waals surface area contributed by atoms with E-state index in [1.54, 1.807) is 12.1 Å². The van der Waals surface area contributed by atoms with Gasteiger partial charge in [-0.3, -0.25) is 9.59 Å². The maximum Gasteiger partial charge on any atom is 0.200 e. The van der Waals surface area contributed by atoms with Gasteiger partial charge in [0, 0.05) is 37.6 Å². The molecule has 0 radical (unpaired) electrons. The molecule has 0 heterocycles. The van der Waals surface area contributed by atoms with Crippen LogP contribution in [0, 0.1) is 0 Å². The maximum atomic E-state index is 13.5. The average Bonchev–Trinajstić information content (AvgIpc) is 2.79. The number of ketones is 2. The molecule has 0 saturated carbocycles. The summed E-state index contributed by atoms with van der Waals surface area (Å²) in [6.45, 7) is 11.5. The van der Waals surface area contributed by atoms with Gasteiger partial charge in [0.05, 0.1) is 22.3 Å². The Morgan fingerprint density at radius 2 is 1.22 bits per heavy atom. The Hall–Kier alpha value is -3.10. The van der Waals surface area contributed by atoms with Gasteiger partial charge in [0.15, 0.2) is 0 Å². The summed E-state index contributed by atoms with van der Waals surface area (Å²) >= 11 is 0. The number of benzene rings is 2. The van der Waals surface area contributed by atoms with Crippen LogP contribution in [0.3, 0.4) is 0 Å². The molecule has 172 valence electrons. The first-order valence-corrected chi connectivity index (χ1v) is 11.2. The highest BCUT2D eigenvalue weighted by molar-refractivity contribution is 6.33. The van der Waals surface area contributed by atoms with Crippen molar-refractivity contribution in [2.45, 2.75) is 20.8 Å². The molecule has 2 aromatic rings. The van der Waals surface area contributed by atoms with Gasteiger partial charge in [-0.05, 0) is 43.9 Å². The molecule has 2 aromatic carbocycles. The van der Waals surface area contributed by atoms with Crippen LogP contribution in [0.25, 0.3) is 0 Å². The van der Waals surface area contributed by atoms with E-state index in [1.807, 2.05) is 6.92 Å². The van der Waals surface area contributed by atoms with E-state index in [1.165, 1.54) is 12.1 Å². The summed E-state index contributed by atoms with van der Waals surface area (Å²) in [5.41, 5.74) is 1.19. The molecule has 8 nitrogen and oxygen atoms in total. The van der Waals surface area contributed by atoms with E-state index in [-0.39, 0.29) is 33.8 Å².